The number of benzene rings is 2. The Labute approximate surface area is 153 Å². The van der Waals surface area contributed by atoms with Crippen LogP contribution < -0.4 is 5.32 Å². The molecule has 0 unspecified atom stereocenters. The Kier molecular flexibility index (Phi) is 4.17. The van der Waals surface area contributed by atoms with E-state index in [2.05, 4.69) is 15.3 Å². The summed E-state index contributed by atoms with van der Waals surface area (Å²) in [4.78, 5) is 22.1. The maximum atomic E-state index is 12.3. The summed E-state index contributed by atoms with van der Waals surface area (Å²) in [5, 5.41) is 4.30. The summed E-state index contributed by atoms with van der Waals surface area (Å²) in [7, 11) is 0. The van der Waals surface area contributed by atoms with Gasteiger partial charge in [0.25, 0.3) is 5.91 Å². The van der Waals surface area contributed by atoms with E-state index in [4.69, 9.17) is 11.6 Å². The summed E-state index contributed by atoms with van der Waals surface area (Å²) < 4.78 is 0. The molecule has 0 atom stereocenters. The van der Waals surface area contributed by atoms with Crippen LogP contribution in [0.5, 0.6) is 0 Å². The van der Waals surface area contributed by atoms with E-state index in [0.29, 0.717) is 16.3 Å². The zero-order chi connectivity index (χ0) is 17.2. The molecule has 6 heteroatoms. The fourth-order valence-corrected chi connectivity index (χ4v) is 3.53. The molecule has 0 bridgehead atoms. The van der Waals surface area contributed by atoms with Crippen LogP contribution >= 0.6 is 22.9 Å². The predicted molar refractivity (Wildman–Crippen MR) is 102 cm³/mol. The number of fused-ring (bicyclic) bond motifs is 1. The molecule has 4 aromatic rings. The van der Waals surface area contributed by atoms with Gasteiger partial charge in [0.2, 0.25) is 0 Å². The number of hydrogen-bond acceptors (Lipinski definition) is 4. The highest BCUT2D eigenvalue weighted by atomic mass is 35.5. The third kappa shape index (κ3) is 3.38. The fourth-order valence-electron chi connectivity index (χ4n) is 2.42. The Morgan fingerprint density at radius 2 is 1.88 bits per heavy atom. The van der Waals surface area contributed by atoms with Crippen LogP contribution in [-0.4, -0.2) is 15.9 Å². The van der Waals surface area contributed by atoms with Crippen LogP contribution in [0.2, 0.25) is 5.02 Å². The van der Waals surface area contributed by atoms with Gasteiger partial charge in [-0.05, 0) is 54.6 Å². The second kappa shape index (κ2) is 6.63. The normalized spacial score (nSPS) is 10.8. The van der Waals surface area contributed by atoms with Crippen molar-refractivity contribution in [1.29, 1.82) is 0 Å². The number of aromatic nitrogens is 2. The number of thiazole rings is 1. The van der Waals surface area contributed by atoms with Crippen molar-refractivity contribution in [1.82, 2.24) is 9.97 Å². The van der Waals surface area contributed by atoms with Crippen molar-refractivity contribution >= 4 is 44.9 Å². The van der Waals surface area contributed by atoms with Crippen LogP contribution in [0.3, 0.4) is 0 Å². The SMILES string of the molecule is O=C(Nc1ccc(-c2nc3cccnc3s2)cc1)c1cccc(Cl)c1. The smallest absolute Gasteiger partial charge is 0.255 e. The molecule has 2 aromatic carbocycles. The molecular formula is C19H12ClN3OS. The number of carbonyl (C=O) groups is 1. The Hall–Kier alpha value is -2.76. The number of nitrogens with one attached hydrogen (secondary N) is 1. The molecule has 122 valence electrons. The lowest BCUT2D eigenvalue weighted by molar-refractivity contribution is 0.102. The van der Waals surface area contributed by atoms with Crippen LogP contribution in [0, 0.1) is 0 Å². The van der Waals surface area contributed by atoms with Gasteiger partial charge >= 0.3 is 0 Å². The minimum absolute atomic E-state index is 0.195. The maximum Gasteiger partial charge on any atom is 0.255 e. The van der Waals surface area contributed by atoms with Crippen LogP contribution in [0.25, 0.3) is 20.9 Å². The Balaban J connectivity index is 1.54. The van der Waals surface area contributed by atoms with Gasteiger partial charge < -0.3 is 5.32 Å². The van der Waals surface area contributed by atoms with Crippen molar-refractivity contribution in [3.63, 3.8) is 0 Å². The second-order valence-corrected chi connectivity index (χ2v) is 6.80. The summed E-state index contributed by atoms with van der Waals surface area (Å²) in [6.07, 6.45) is 1.76. The lowest BCUT2D eigenvalue weighted by Crippen LogP contribution is -2.11. The zero-order valence-electron chi connectivity index (χ0n) is 12.9. The summed E-state index contributed by atoms with van der Waals surface area (Å²) in [5.74, 6) is -0.195. The molecule has 0 aliphatic carbocycles. The van der Waals surface area contributed by atoms with Crippen molar-refractivity contribution < 1.29 is 4.79 Å². The van der Waals surface area contributed by atoms with Crippen LogP contribution in [0.15, 0.2) is 66.9 Å². The van der Waals surface area contributed by atoms with Crippen molar-refractivity contribution in [2.45, 2.75) is 0 Å². The van der Waals surface area contributed by atoms with Gasteiger partial charge in [-0.3, -0.25) is 4.79 Å². The largest absolute Gasteiger partial charge is 0.322 e. The Morgan fingerprint density at radius 1 is 1.04 bits per heavy atom. The van der Waals surface area contributed by atoms with Gasteiger partial charge in [-0.25, -0.2) is 9.97 Å². The molecule has 0 saturated carbocycles. The van der Waals surface area contributed by atoms with Crippen molar-refractivity contribution in [3.05, 3.63) is 77.4 Å². The van der Waals surface area contributed by atoms with E-state index in [-0.39, 0.29) is 5.91 Å². The average Bonchev–Trinajstić information content (AvgIpc) is 3.06. The van der Waals surface area contributed by atoms with Gasteiger partial charge in [0.05, 0.1) is 0 Å². The van der Waals surface area contributed by atoms with E-state index in [9.17, 15) is 4.79 Å². The van der Waals surface area contributed by atoms with E-state index in [1.54, 1.807) is 41.8 Å². The topological polar surface area (TPSA) is 54.9 Å². The second-order valence-electron chi connectivity index (χ2n) is 5.39. The monoisotopic (exact) mass is 365 g/mol. The summed E-state index contributed by atoms with van der Waals surface area (Å²) in [5.41, 5.74) is 3.12. The molecule has 0 radical (unpaired) electrons. The number of carbonyl (C=O) groups excluding carboxylic acids is 1. The van der Waals surface area contributed by atoms with Gasteiger partial charge in [-0.1, -0.05) is 29.0 Å². The molecule has 4 nitrogen and oxygen atoms in total. The highest BCUT2D eigenvalue weighted by Gasteiger charge is 2.09. The Bertz CT molecular complexity index is 1030. The van der Waals surface area contributed by atoms with Crippen molar-refractivity contribution in [2.75, 3.05) is 5.32 Å². The molecule has 2 heterocycles. The molecule has 4 rings (SSSR count). The first-order valence-corrected chi connectivity index (χ1v) is 8.77. The van der Waals surface area contributed by atoms with E-state index < -0.39 is 0 Å². The average molecular weight is 366 g/mol. The molecule has 1 amide bonds. The van der Waals surface area contributed by atoms with Crippen molar-refractivity contribution in [3.8, 4) is 10.6 Å². The van der Waals surface area contributed by atoms with E-state index in [1.807, 2.05) is 36.4 Å². The highest BCUT2D eigenvalue weighted by Crippen LogP contribution is 2.29. The molecule has 2 aromatic heterocycles. The first-order valence-electron chi connectivity index (χ1n) is 7.58. The predicted octanol–water partition coefficient (Wildman–Crippen LogP) is 5.26. The fraction of sp³-hybridized carbons (Fsp3) is 0. The molecule has 0 aliphatic heterocycles. The Morgan fingerprint density at radius 3 is 2.64 bits per heavy atom. The molecule has 0 spiro atoms. The first-order chi connectivity index (χ1) is 12.2. The van der Waals surface area contributed by atoms with E-state index in [0.717, 1.165) is 20.9 Å². The standard InChI is InChI=1S/C19H12ClN3OS/c20-14-4-1-3-13(11-14)17(24)22-15-8-6-12(7-9-15)18-23-16-5-2-10-21-19(16)25-18/h1-11H,(H,22,24). The summed E-state index contributed by atoms with van der Waals surface area (Å²) in [6, 6.07) is 18.3. The molecule has 0 saturated heterocycles. The van der Waals surface area contributed by atoms with Crippen LogP contribution in [0.4, 0.5) is 5.69 Å². The van der Waals surface area contributed by atoms with Crippen LogP contribution in [0.1, 0.15) is 10.4 Å². The summed E-state index contributed by atoms with van der Waals surface area (Å²) >= 11 is 7.47. The minimum atomic E-state index is -0.195. The third-order valence-electron chi connectivity index (χ3n) is 3.64. The maximum absolute atomic E-state index is 12.3. The first kappa shape index (κ1) is 15.7. The third-order valence-corrected chi connectivity index (χ3v) is 4.91. The number of anilines is 1. The number of nitrogens with zero attached hydrogens (tertiary/aromatic N) is 2. The van der Waals surface area contributed by atoms with Crippen molar-refractivity contribution in [2.24, 2.45) is 0 Å². The molecule has 0 aliphatic rings. The van der Waals surface area contributed by atoms with Gasteiger partial charge in [0.15, 0.2) is 0 Å². The number of halogens is 1. The molecule has 1 N–H and O–H groups in total. The number of amides is 1. The molecule has 25 heavy (non-hydrogen) atoms. The zero-order valence-corrected chi connectivity index (χ0v) is 14.5. The van der Waals surface area contributed by atoms with E-state index in [1.165, 1.54) is 0 Å². The van der Waals surface area contributed by atoms with Gasteiger partial charge in [-0.15, -0.1) is 0 Å². The number of hydrogen-bond donors (Lipinski definition) is 1. The lowest BCUT2D eigenvalue weighted by Gasteiger charge is -2.06. The number of rotatable bonds is 3. The van der Waals surface area contributed by atoms with Gasteiger partial charge in [0, 0.05) is 28.0 Å². The number of pyridine rings is 1. The highest BCUT2D eigenvalue weighted by molar-refractivity contribution is 7.21. The summed E-state index contributed by atoms with van der Waals surface area (Å²) in [6.45, 7) is 0. The van der Waals surface area contributed by atoms with Gasteiger partial charge in [-0.2, -0.15) is 0 Å². The minimum Gasteiger partial charge on any atom is -0.322 e. The van der Waals surface area contributed by atoms with Gasteiger partial charge in [0.1, 0.15) is 15.4 Å². The van der Waals surface area contributed by atoms with E-state index >= 15 is 0 Å². The quantitative estimate of drug-likeness (QED) is 0.538. The van der Waals surface area contributed by atoms with Crippen LogP contribution in [-0.2, 0) is 0 Å². The lowest BCUT2D eigenvalue weighted by atomic mass is 10.2. The molecule has 0 fully saturated rings. The molecular weight excluding hydrogens is 354 g/mol.